The lowest BCUT2D eigenvalue weighted by molar-refractivity contribution is 0.436. The summed E-state index contributed by atoms with van der Waals surface area (Å²) in [5, 5.41) is 3.95. The number of aryl methyl sites for hydroxylation is 1. The average Bonchev–Trinajstić information content (AvgIpc) is 2.84. The van der Waals surface area contributed by atoms with Crippen LogP contribution in [0.2, 0.25) is 0 Å². The lowest BCUT2D eigenvalue weighted by Crippen LogP contribution is -1.90. The molecule has 0 radical (unpaired) electrons. The van der Waals surface area contributed by atoms with Crippen molar-refractivity contribution in [1.29, 1.82) is 0 Å². The first kappa shape index (κ1) is 14.6. The summed E-state index contributed by atoms with van der Waals surface area (Å²) in [6, 6.07) is 14.2. The number of nitrogens with two attached hydrogens (primary N) is 1. The van der Waals surface area contributed by atoms with Crippen molar-refractivity contribution < 1.29 is 4.52 Å². The van der Waals surface area contributed by atoms with E-state index in [1.165, 1.54) is 5.56 Å². The SMILES string of the molecule is Cc1ccc(-c2c(N)noc2-c2cc(Br)ccc2I)cc1. The Bertz CT molecular complexity index is 797. The normalized spacial score (nSPS) is 10.8. The molecule has 1 heterocycles. The summed E-state index contributed by atoms with van der Waals surface area (Å²) in [5.74, 6) is 1.10. The fourth-order valence-electron chi connectivity index (χ4n) is 2.16. The number of hydrogen-bond acceptors (Lipinski definition) is 3. The molecular weight excluding hydrogens is 443 g/mol. The predicted molar refractivity (Wildman–Crippen MR) is 96.9 cm³/mol. The summed E-state index contributed by atoms with van der Waals surface area (Å²) in [6.07, 6.45) is 0. The molecule has 0 atom stereocenters. The van der Waals surface area contributed by atoms with E-state index in [1.807, 2.05) is 30.3 Å². The molecule has 3 aromatic rings. The first-order valence-electron chi connectivity index (χ1n) is 6.34. The van der Waals surface area contributed by atoms with E-state index < -0.39 is 0 Å². The van der Waals surface area contributed by atoms with E-state index in [1.54, 1.807) is 0 Å². The Morgan fingerprint density at radius 3 is 2.57 bits per heavy atom. The quantitative estimate of drug-likeness (QED) is 0.537. The summed E-state index contributed by atoms with van der Waals surface area (Å²) in [6.45, 7) is 2.05. The number of halogens is 2. The maximum absolute atomic E-state index is 6.02. The van der Waals surface area contributed by atoms with Gasteiger partial charge in [-0.2, -0.15) is 0 Å². The molecule has 0 fully saturated rings. The molecule has 0 aliphatic heterocycles. The third kappa shape index (κ3) is 2.85. The molecule has 0 unspecified atom stereocenters. The third-order valence-electron chi connectivity index (χ3n) is 3.23. The van der Waals surface area contributed by atoms with Gasteiger partial charge in [0.1, 0.15) is 0 Å². The predicted octanol–water partition coefficient (Wildman–Crippen LogP) is 5.27. The molecule has 5 heteroatoms. The number of benzene rings is 2. The summed E-state index contributed by atoms with van der Waals surface area (Å²) in [7, 11) is 0. The van der Waals surface area contributed by atoms with Crippen LogP contribution in [-0.4, -0.2) is 5.16 Å². The zero-order chi connectivity index (χ0) is 15.0. The molecule has 1 aromatic heterocycles. The van der Waals surface area contributed by atoms with E-state index in [4.69, 9.17) is 10.3 Å². The first-order valence-corrected chi connectivity index (χ1v) is 8.21. The van der Waals surface area contributed by atoms with Gasteiger partial charge in [0.05, 0.1) is 5.56 Å². The van der Waals surface area contributed by atoms with Crippen molar-refractivity contribution in [1.82, 2.24) is 5.16 Å². The van der Waals surface area contributed by atoms with Gasteiger partial charge in [0.2, 0.25) is 0 Å². The minimum absolute atomic E-state index is 0.407. The number of nitrogen functional groups attached to an aromatic ring is 1. The Labute approximate surface area is 144 Å². The van der Waals surface area contributed by atoms with E-state index in [-0.39, 0.29) is 0 Å². The van der Waals surface area contributed by atoms with Gasteiger partial charge in [0, 0.05) is 13.6 Å². The van der Waals surface area contributed by atoms with Crippen LogP contribution >= 0.6 is 38.5 Å². The average molecular weight is 455 g/mol. The zero-order valence-corrected chi connectivity index (χ0v) is 15.0. The van der Waals surface area contributed by atoms with Crippen LogP contribution in [0.3, 0.4) is 0 Å². The van der Waals surface area contributed by atoms with Crippen LogP contribution in [-0.2, 0) is 0 Å². The molecule has 0 saturated carbocycles. The van der Waals surface area contributed by atoms with Gasteiger partial charge in [-0.25, -0.2) is 0 Å². The molecule has 106 valence electrons. The van der Waals surface area contributed by atoms with Crippen LogP contribution in [0.1, 0.15) is 5.56 Å². The molecule has 0 saturated heterocycles. The fraction of sp³-hybridized carbons (Fsp3) is 0.0625. The molecule has 0 aliphatic rings. The number of nitrogens with zero attached hydrogens (tertiary/aromatic N) is 1. The molecular formula is C16H12BrIN2O. The molecule has 3 nitrogen and oxygen atoms in total. The molecule has 0 amide bonds. The Hall–Kier alpha value is -1.34. The lowest BCUT2D eigenvalue weighted by atomic mass is 10.0. The van der Waals surface area contributed by atoms with Crippen molar-refractivity contribution >= 4 is 44.3 Å². The monoisotopic (exact) mass is 454 g/mol. The van der Waals surface area contributed by atoms with E-state index in [0.29, 0.717) is 11.6 Å². The van der Waals surface area contributed by atoms with E-state index in [2.05, 4.69) is 62.7 Å². The second-order valence-electron chi connectivity index (χ2n) is 4.76. The molecule has 0 spiro atoms. The van der Waals surface area contributed by atoms with Gasteiger partial charge in [-0.15, -0.1) is 0 Å². The van der Waals surface area contributed by atoms with Gasteiger partial charge in [-0.1, -0.05) is 50.9 Å². The van der Waals surface area contributed by atoms with Crippen molar-refractivity contribution in [3.63, 3.8) is 0 Å². The molecule has 2 aromatic carbocycles. The van der Waals surface area contributed by atoms with Crippen molar-refractivity contribution in [2.24, 2.45) is 0 Å². The van der Waals surface area contributed by atoms with Gasteiger partial charge < -0.3 is 10.3 Å². The minimum atomic E-state index is 0.407. The van der Waals surface area contributed by atoms with Crippen molar-refractivity contribution in [2.75, 3.05) is 5.73 Å². The molecule has 3 rings (SSSR count). The van der Waals surface area contributed by atoms with Crippen LogP contribution in [0.25, 0.3) is 22.5 Å². The Morgan fingerprint density at radius 2 is 1.86 bits per heavy atom. The highest BCUT2D eigenvalue weighted by Gasteiger charge is 2.19. The topological polar surface area (TPSA) is 52.0 Å². The van der Waals surface area contributed by atoms with E-state index >= 15 is 0 Å². The van der Waals surface area contributed by atoms with Crippen LogP contribution in [0.5, 0.6) is 0 Å². The smallest absolute Gasteiger partial charge is 0.178 e. The lowest BCUT2D eigenvalue weighted by Gasteiger charge is -2.06. The number of aromatic nitrogens is 1. The maximum Gasteiger partial charge on any atom is 0.178 e. The van der Waals surface area contributed by atoms with Gasteiger partial charge in [0.25, 0.3) is 0 Å². The molecule has 0 bridgehead atoms. The second-order valence-corrected chi connectivity index (χ2v) is 6.84. The number of rotatable bonds is 2. The third-order valence-corrected chi connectivity index (χ3v) is 4.67. The summed E-state index contributed by atoms with van der Waals surface area (Å²) >= 11 is 5.78. The van der Waals surface area contributed by atoms with Gasteiger partial charge in [-0.05, 0) is 53.3 Å². The van der Waals surface area contributed by atoms with Crippen molar-refractivity contribution in [2.45, 2.75) is 6.92 Å². The summed E-state index contributed by atoms with van der Waals surface area (Å²) in [4.78, 5) is 0. The Kier molecular flexibility index (Phi) is 4.03. The highest BCUT2D eigenvalue weighted by atomic mass is 127. The largest absolute Gasteiger partial charge is 0.380 e. The zero-order valence-electron chi connectivity index (χ0n) is 11.2. The maximum atomic E-state index is 6.02. The number of hydrogen-bond donors (Lipinski definition) is 1. The number of anilines is 1. The van der Waals surface area contributed by atoms with E-state index in [9.17, 15) is 0 Å². The summed E-state index contributed by atoms with van der Waals surface area (Å²) < 4.78 is 7.57. The van der Waals surface area contributed by atoms with Crippen LogP contribution in [0, 0.1) is 10.5 Å². The Morgan fingerprint density at radius 1 is 1.14 bits per heavy atom. The highest BCUT2D eigenvalue weighted by molar-refractivity contribution is 14.1. The summed E-state index contributed by atoms with van der Waals surface area (Å²) in [5.41, 5.74) is 10.0. The van der Waals surface area contributed by atoms with Crippen molar-refractivity contribution in [3.8, 4) is 22.5 Å². The standard InChI is InChI=1S/C16H12BrIN2O/c1-9-2-4-10(5-3-9)14-15(21-20-16(14)19)12-8-11(17)6-7-13(12)18/h2-8H,1H3,(H2,19,20). The van der Waals surface area contributed by atoms with E-state index in [0.717, 1.165) is 24.7 Å². The van der Waals surface area contributed by atoms with Gasteiger partial charge >= 0.3 is 0 Å². The molecule has 0 aliphatic carbocycles. The van der Waals surface area contributed by atoms with Crippen molar-refractivity contribution in [3.05, 3.63) is 56.1 Å². The van der Waals surface area contributed by atoms with Crippen LogP contribution < -0.4 is 5.73 Å². The first-order chi connectivity index (χ1) is 10.1. The molecule has 21 heavy (non-hydrogen) atoms. The van der Waals surface area contributed by atoms with Gasteiger partial charge in [0.15, 0.2) is 11.6 Å². The minimum Gasteiger partial charge on any atom is -0.380 e. The van der Waals surface area contributed by atoms with Gasteiger partial charge in [-0.3, -0.25) is 0 Å². The Balaban J connectivity index is 2.21. The highest BCUT2D eigenvalue weighted by Crippen LogP contribution is 2.39. The van der Waals surface area contributed by atoms with Crippen LogP contribution in [0.15, 0.2) is 51.5 Å². The fourth-order valence-corrected chi connectivity index (χ4v) is 3.10. The van der Waals surface area contributed by atoms with Crippen LogP contribution in [0.4, 0.5) is 5.82 Å². The molecule has 2 N–H and O–H groups in total. The second kappa shape index (κ2) is 5.81.